The lowest BCUT2D eigenvalue weighted by Gasteiger charge is -2.27. The fraction of sp³-hybridized carbons (Fsp3) is 0.625. The lowest BCUT2D eigenvalue weighted by molar-refractivity contribution is 0.339. The number of rotatable bonds is 3. The molecule has 1 saturated carbocycles. The van der Waals surface area contributed by atoms with Crippen molar-refractivity contribution >= 4 is 5.69 Å². The first kappa shape index (κ1) is 13.4. The lowest BCUT2D eigenvalue weighted by Crippen LogP contribution is -2.29. The Bertz CT molecular complexity index is 404. The first-order valence-corrected chi connectivity index (χ1v) is 7.13. The van der Waals surface area contributed by atoms with Crippen LogP contribution in [0.3, 0.4) is 0 Å². The van der Waals surface area contributed by atoms with E-state index in [2.05, 4.69) is 38.2 Å². The van der Waals surface area contributed by atoms with Gasteiger partial charge in [0.15, 0.2) is 0 Å². The van der Waals surface area contributed by atoms with Crippen LogP contribution in [0.5, 0.6) is 0 Å². The Morgan fingerprint density at radius 1 is 1.00 bits per heavy atom. The van der Waals surface area contributed by atoms with Gasteiger partial charge in [-0.1, -0.05) is 6.07 Å². The number of hydrogen-bond donors (Lipinski definition) is 2. The number of hydrogen-bond acceptors (Lipinski definition) is 2. The average molecular weight is 246 g/mol. The van der Waals surface area contributed by atoms with Gasteiger partial charge < -0.3 is 11.1 Å². The summed E-state index contributed by atoms with van der Waals surface area (Å²) in [5.41, 5.74) is 11.3. The summed E-state index contributed by atoms with van der Waals surface area (Å²) in [7, 11) is 0. The number of benzene rings is 1. The zero-order valence-electron chi connectivity index (χ0n) is 11.9. The van der Waals surface area contributed by atoms with Crippen molar-refractivity contribution < 1.29 is 0 Å². The summed E-state index contributed by atoms with van der Waals surface area (Å²) >= 11 is 0. The summed E-state index contributed by atoms with van der Waals surface area (Å²) in [5.74, 6) is 0.797. The van der Waals surface area contributed by atoms with Gasteiger partial charge in [-0.05, 0) is 75.1 Å². The normalized spacial score (nSPS) is 24.0. The number of nitrogens with two attached hydrogens (primary N) is 1. The topological polar surface area (TPSA) is 38.0 Å². The van der Waals surface area contributed by atoms with Gasteiger partial charge >= 0.3 is 0 Å². The smallest absolute Gasteiger partial charge is 0.0372 e. The Hall–Kier alpha value is -1.02. The summed E-state index contributed by atoms with van der Waals surface area (Å²) in [4.78, 5) is 0. The largest absolute Gasteiger partial charge is 0.385 e. The molecule has 2 rings (SSSR count). The van der Waals surface area contributed by atoms with Crippen molar-refractivity contribution in [2.75, 3.05) is 11.9 Å². The molecule has 1 fully saturated rings. The third-order valence-electron chi connectivity index (χ3n) is 4.31. The van der Waals surface area contributed by atoms with Crippen molar-refractivity contribution in [2.45, 2.75) is 52.5 Å². The van der Waals surface area contributed by atoms with Crippen LogP contribution in [-0.2, 0) is 0 Å². The van der Waals surface area contributed by atoms with Gasteiger partial charge in [-0.25, -0.2) is 0 Å². The molecule has 0 radical (unpaired) electrons. The number of nitrogens with one attached hydrogen (secondary N) is 1. The van der Waals surface area contributed by atoms with Crippen LogP contribution in [0.1, 0.15) is 42.4 Å². The Balaban J connectivity index is 1.92. The highest BCUT2D eigenvalue weighted by Gasteiger charge is 2.18. The summed E-state index contributed by atoms with van der Waals surface area (Å²) in [6.07, 6.45) is 4.94. The van der Waals surface area contributed by atoms with Crippen molar-refractivity contribution in [3.05, 3.63) is 28.8 Å². The maximum absolute atomic E-state index is 5.94. The Morgan fingerprint density at radius 3 is 2.28 bits per heavy atom. The molecule has 18 heavy (non-hydrogen) atoms. The number of aryl methyl sites for hydroxylation is 3. The maximum atomic E-state index is 5.94. The molecule has 1 aromatic rings. The van der Waals surface area contributed by atoms with Crippen LogP contribution in [0.2, 0.25) is 0 Å². The molecule has 0 saturated heterocycles. The SMILES string of the molecule is Cc1cc(C)c(NCC2CCC(N)CC2)cc1C. The molecule has 0 aromatic heterocycles. The molecule has 0 amide bonds. The molecule has 0 heterocycles. The predicted molar refractivity (Wildman–Crippen MR) is 79.1 cm³/mol. The van der Waals surface area contributed by atoms with E-state index in [1.165, 1.54) is 48.1 Å². The summed E-state index contributed by atoms with van der Waals surface area (Å²) in [6, 6.07) is 5.00. The van der Waals surface area contributed by atoms with E-state index in [1.54, 1.807) is 0 Å². The molecule has 100 valence electrons. The monoisotopic (exact) mass is 246 g/mol. The fourth-order valence-electron chi connectivity index (χ4n) is 2.80. The molecule has 1 aromatic carbocycles. The fourth-order valence-corrected chi connectivity index (χ4v) is 2.80. The number of anilines is 1. The summed E-state index contributed by atoms with van der Waals surface area (Å²) in [5, 5.41) is 3.62. The zero-order valence-corrected chi connectivity index (χ0v) is 11.9. The van der Waals surface area contributed by atoms with Gasteiger partial charge in [0, 0.05) is 18.3 Å². The van der Waals surface area contributed by atoms with Gasteiger partial charge in [0.1, 0.15) is 0 Å². The van der Waals surface area contributed by atoms with Crippen molar-refractivity contribution in [1.29, 1.82) is 0 Å². The van der Waals surface area contributed by atoms with Crippen LogP contribution < -0.4 is 11.1 Å². The minimum absolute atomic E-state index is 0.449. The van der Waals surface area contributed by atoms with Crippen molar-refractivity contribution in [3.63, 3.8) is 0 Å². The minimum Gasteiger partial charge on any atom is -0.385 e. The van der Waals surface area contributed by atoms with E-state index in [-0.39, 0.29) is 0 Å². The van der Waals surface area contributed by atoms with Gasteiger partial charge in [0.05, 0.1) is 0 Å². The lowest BCUT2D eigenvalue weighted by atomic mass is 9.86. The first-order valence-electron chi connectivity index (χ1n) is 7.13. The Labute approximate surface area is 111 Å². The van der Waals surface area contributed by atoms with E-state index in [0.29, 0.717) is 6.04 Å². The van der Waals surface area contributed by atoms with Gasteiger partial charge in [-0.3, -0.25) is 0 Å². The molecule has 1 aliphatic rings. The molecule has 2 heteroatoms. The molecule has 2 nitrogen and oxygen atoms in total. The first-order chi connectivity index (χ1) is 8.56. The van der Waals surface area contributed by atoms with Gasteiger partial charge in [0.2, 0.25) is 0 Å². The molecule has 1 aliphatic carbocycles. The third-order valence-corrected chi connectivity index (χ3v) is 4.31. The standard InChI is InChI=1S/C16H26N2/c1-11-8-13(3)16(9-12(11)2)18-10-14-4-6-15(17)7-5-14/h8-9,14-15,18H,4-7,10,17H2,1-3H3. The Kier molecular flexibility index (Phi) is 4.28. The molecule has 0 unspecified atom stereocenters. The van der Waals surface area contributed by atoms with E-state index in [1.807, 2.05) is 0 Å². The molecule has 0 atom stereocenters. The average Bonchev–Trinajstić information content (AvgIpc) is 2.34. The molecule has 0 aliphatic heterocycles. The van der Waals surface area contributed by atoms with Crippen molar-refractivity contribution in [1.82, 2.24) is 0 Å². The van der Waals surface area contributed by atoms with Gasteiger partial charge in [0.25, 0.3) is 0 Å². The second kappa shape index (κ2) is 5.75. The zero-order chi connectivity index (χ0) is 13.1. The highest BCUT2D eigenvalue weighted by molar-refractivity contribution is 5.54. The summed E-state index contributed by atoms with van der Waals surface area (Å²) < 4.78 is 0. The molecule has 0 bridgehead atoms. The van der Waals surface area contributed by atoms with Crippen LogP contribution in [0.4, 0.5) is 5.69 Å². The highest BCUT2D eigenvalue weighted by Crippen LogP contribution is 2.25. The molecule has 3 N–H and O–H groups in total. The van der Waals surface area contributed by atoms with Crippen LogP contribution >= 0.6 is 0 Å². The quantitative estimate of drug-likeness (QED) is 0.856. The second-order valence-electron chi connectivity index (χ2n) is 5.91. The van der Waals surface area contributed by atoms with Crippen LogP contribution in [0.25, 0.3) is 0 Å². The van der Waals surface area contributed by atoms with E-state index in [4.69, 9.17) is 5.73 Å². The van der Waals surface area contributed by atoms with Crippen LogP contribution in [0, 0.1) is 26.7 Å². The van der Waals surface area contributed by atoms with E-state index >= 15 is 0 Å². The van der Waals surface area contributed by atoms with Gasteiger partial charge in [-0.15, -0.1) is 0 Å². The minimum atomic E-state index is 0.449. The maximum Gasteiger partial charge on any atom is 0.0372 e. The van der Waals surface area contributed by atoms with Gasteiger partial charge in [-0.2, -0.15) is 0 Å². The van der Waals surface area contributed by atoms with E-state index in [9.17, 15) is 0 Å². The Morgan fingerprint density at radius 2 is 1.61 bits per heavy atom. The summed E-state index contributed by atoms with van der Waals surface area (Å²) in [6.45, 7) is 7.63. The molecule has 0 spiro atoms. The van der Waals surface area contributed by atoms with Crippen molar-refractivity contribution in [2.24, 2.45) is 11.7 Å². The third kappa shape index (κ3) is 3.26. The van der Waals surface area contributed by atoms with Crippen molar-refractivity contribution in [3.8, 4) is 0 Å². The second-order valence-corrected chi connectivity index (χ2v) is 5.91. The van der Waals surface area contributed by atoms with Crippen LogP contribution in [0.15, 0.2) is 12.1 Å². The van der Waals surface area contributed by atoms with E-state index in [0.717, 1.165) is 12.5 Å². The molecular formula is C16H26N2. The van der Waals surface area contributed by atoms with Crippen LogP contribution in [-0.4, -0.2) is 12.6 Å². The highest BCUT2D eigenvalue weighted by atomic mass is 14.9. The van der Waals surface area contributed by atoms with E-state index < -0.39 is 0 Å². The molecular weight excluding hydrogens is 220 g/mol. The predicted octanol–water partition coefficient (Wildman–Crippen LogP) is 3.54.